The molecule has 9 heteroatoms. The van der Waals surface area contributed by atoms with E-state index in [2.05, 4.69) is 9.82 Å². The second kappa shape index (κ2) is 10.4. The van der Waals surface area contributed by atoms with Gasteiger partial charge in [0.2, 0.25) is 0 Å². The largest absolute Gasteiger partial charge is 0.305 e. The van der Waals surface area contributed by atoms with Crippen molar-refractivity contribution in [1.82, 2.24) is 4.98 Å². The Morgan fingerprint density at radius 1 is 1.50 bits per heavy atom. The van der Waals surface area contributed by atoms with Crippen LogP contribution in [0.3, 0.4) is 0 Å². The lowest BCUT2D eigenvalue weighted by atomic mass is 10.4. The zero-order valence-corrected chi connectivity index (χ0v) is 11.9. The van der Waals surface area contributed by atoms with E-state index in [-0.39, 0.29) is 18.1 Å². The maximum atomic E-state index is 10.7. The van der Waals surface area contributed by atoms with Crippen LogP contribution < -0.4 is 5.90 Å². The first-order valence-electron chi connectivity index (χ1n) is 4.96. The van der Waals surface area contributed by atoms with Gasteiger partial charge in [-0.2, -0.15) is 0 Å². The molecule has 18 heavy (non-hydrogen) atoms. The number of hydrogen-bond donors (Lipinski definition) is 1. The first kappa shape index (κ1) is 17.5. The van der Waals surface area contributed by atoms with Crippen molar-refractivity contribution in [2.75, 3.05) is 12.4 Å². The van der Waals surface area contributed by atoms with Crippen molar-refractivity contribution in [1.29, 1.82) is 0 Å². The second-order valence-corrected chi connectivity index (χ2v) is 5.47. The third-order valence-corrected chi connectivity index (χ3v) is 4.20. The van der Waals surface area contributed by atoms with Gasteiger partial charge in [-0.3, -0.25) is 10.1 Å². The number of pyridine rings is 1. The molecule has 0 aromatic carbocycles. The highest BCUT2D eigenvalue weighted by Gasteiger charge is 2.14. The topological polar surface area (TPSA) is 91.3 Å². The van der Waals surface area contributed by atoms with Crippen LogP contribution in [0.1, 0.15) is 12.8 Å². The molecule has 1 rings (SSSR count). The van der Waals surface area contributed by atoms with Gasteiger partial charge in [-0.05, 0) is 29.7 Å². The van der Waals surface area contributed by atoms with Gasteiger partial charge in [-0.1, -0.05) is 10.8 Å². The van der Waals surface area contributed by atoms with Gasteiger partial charge in [0.25, 0.3) is 0 Å². The predicted octanol–water partition coefficient (Wildman–Crippen LogP) is 2.82. The number of unbranched alkanes of at least 4 members (excludes halogenated alkanes) is 1. The van der Waals surface area contributed by atoms with Crippen LogP contribution in [0.2, 0.25) is 0 Å². The van der Waals surface area contributed by atoms with Crippen molar-refractivity contribution < 1.29 is 9.76 Å². The van der Waals surface area contributed by atoms with Crippen LogP contribution >= 0.6 is 34.0 Å². The van der Waals surface area contributed by atoms with Crippen molar-refractivity contribution >= 4 is 39.7 Å². The van der Waals surface area contributed by atoms with Gasteiger partial charge >= 0.3 is 5.69 Å². The van der Waals surface area contributed by atoms with Gasteiger partial charge < -0.3 is 4.84 Å². The van der Waals surface area contributed by atoms with E-state index in [1.807, 2.05) is 0 Å². The number of nitrogens with two attached hydrogens (primary N) is 1. The molecule has 0 spiro atoms. The van der Waals surface area contributed by atoms with Crippen molar-refractivity contribution in [2.45, 2.75) is 17.9 Å². The van der Waals surface area contributed by atoms with Crippen LogP contribution in [-0.2, 0) is 4.84 Å². The smallest absolute Gasteiger partial charge is 0.302 e. The van der Waals surface area contributed by atoms with Crippen LogP contribution in [0.25, 0.3) is 0 Å². The van der Waals surface area contributed by atoms with E-state index < -0.39 is 4.92 Å². The minimum Gasteiger partial charge on any atom is -0.305 e. The number of halogens is 1. The molecule has 0 atom stereocenters. The summed E-state index contributed by atoms with van der Waals surface area (Å²) in [5.74, 6) is 5.77. The lowest BCUT2D eigenvalue weighted by Gasteiger charge is -2.01. The molecule has 2 N–H and O–H groups in total. The number of rotatable bonds is 8. The minimum absolute atomic E-state index is 0. The normalized spacial score (nSPS) is 9.83. The Bertz CT molecular complexity index is 371. The molecule has 0 bridgehead atoms. The summed E-state index contributed by atoms with van der Waals surface area (Å²) < 4.78 is 0. The van der Waals surface area contributed by atoms with Gasteiger partial charge in [0.15, 0.2) is 5.03 Å². The van der Waals surface area contributed by atoms with Crippen molar-refractivity contribution in [3.05, 3.63) is 28.4 Å². The van der Waals surface area contributed by atoms with Gasteiger partial charge in [-0.25, -0.2) is 10.9 Å². The fourth-order valence-corrected chi connectivity index (χ4v) is 3.20. The monoisotopic (exact) mass is 311 g/mol. The maximum absolute atomic E-state index is 10.7. The van der Waals surface area contributed by atoms with Crippen LogP contribution in [0, 0.1) is 10.1 Å². The summed E-state index contributed by atoms with van der Waals surface area (Å²) >= 11 is 0. The molecule has 0 amide bonds. The molecule has 1 aromatic rings. The van der Waals surface area contributed by atoms with Gasteiger partial charge in [-0.15, -0.1) is 12.4 Å². The molecule has 0 aliphatic rings. The minimum atomic E-state index is -0.418. The number of nitro groups is 1. The summed E-state index contributed by atoms with van der Waals surface area (Å²) in [6, 6.07) is 3.02. The molecule has 6 nitrogen and oxygen atoms in total. The summed E-state index contributed by atoms with van der Waals surface area (Å²) in [5, 5.41) is 11.2. The quantitative estimate of drug-likeness (QED) is 0.341. The fourth-order valence-electron chi connectivity index (χ4n) is 1.03. The van der Waals surface area contributed by atoms with Gasteiger partial charge in [0.05, 0.1) is 11.5 Å². The molecule has 1 heterocycles. The Hall–Kier alpha value is -0.540. The third kappa shape index (κ3) is 6.41. The Morgan fingerprint density at radius 2 is 2.28 bits per heavy atom. The van der Waals surface area contributed by atoms with E-state index in [9.17, 15) is 10.1 Å². The Morgan fingerprint density at radius 3 is 2.94 bits per heavy atom. The number of nitrogens with zero attached hydrogens (tertiary/aromatic N) is 2. The van der Waals surface area contributed by atoms with E-state index in [1.54, 1.807) is 23.1 Å². The molecular weight excluding hydrogens is 298 g/mol. The Kier molecular flexibility index (Phi) is 10.1. The average molecular weight is 312 g/mol. The van der Waals surface area contributed by atoms with Crippen LogP contribution in [0.15, 0.2) is 23.4 Å². The van der Waals surface area contributed by atoms with Crippen LogP contribution in [0.4, 0.5) is 5.69 Å². The second-order valence-electron chi connectivity index (χ2n) is 3.07. The van der Waals surface area contributed by atoms with E-state index in [0.717, 1.165) is 18.6 Å². The SMILES string of the molecule is Cl.NOCCCCSSc1ncccc1[N+](=O)[O-]. The molecule has 0 saturated carbocycles. The highest BCUT2D eigenvalue weighted by molar-refractivity contribution is 8.76. The van der Waals surface area contributed by atoms with E-state index in [0.29, 0.717) is 11.6 Å². The summed E-state index contributed by atoms with van der Waals surface area (Å²) in [4.78, 5) is 18.7. The van der Waals surface area contributed by atoms with Crippen molar-refractivity contribution in [2.24, 2.45) is 5.90 Å². The zero-order valence-electron chi connectivity index (χ0n) is 9.48. The molecule has 0 saturated heterocycles. The van der Waals surface area contributed by atoms with Crippen LogP contribution in [-0.4, -0.2) is 22.3 Å². The van der Waals surface area contributed by atoms with E-state index in [1.165, 1.54) is 16.9 Å². The number of aromatic nitrogens is 1. The highest BCUT2D eigenvalue weighted by Crippen LogP contribution is 2.35. The van der Waals surface area contributed by atoms with Crippen molar-refractivity contribution in [3.63, 3.8) is 0 Å². The molecule has 102 valence electrons. The summed E-state index contributed by atoms with van der Waals surface area (Å²) in [6.07, 6.45) is 3.39. The van der Waals surface area contributed by atoms with Crippen LogP contribution in [0.5, 0.6) is 0 Å². The lowest BCUT2D eigenvalue weighted by Crippen LogP contribution is -2.00. The van der Waals surface area contributed by atoms with Crippen molar-refractivity contribution in [3.8, 4) is 0 Å². The first-order chi connectivity index (χ1) is 8.25. The van der Waals surface area contributed by atoms with E-state index in [4.69, 9.17) is 5.90 Å². The van der Waals surface area contributed by atoms with E-state index >= 15 is 0 Å². The predicted molar refractivity (Wildman–Crippen MR) is 75.8 cm³/mol. The lowest BCUT2D eigenvalue weighted by molar-refractivity contribution is -0.388. The third-order valence-electron chi connectivity index (χ3n) is 1.83. The molecule has 0 unspecified atom stereocenters. The first-order valence-corrected chi connectivity index (χ1v) is 7.28. The Labute approximate surface area is 119 Å². The average Bonchev–Trinajstić information content (AvgIpc) is 2.34. The maximum Gasteiger partial charge on any atom is 0.302 e. The fraction of sp³-hybridized carbons (Fsp3) is 0.444. The standard InChI is InChI=1S/C9H13N3O3S2.ClH/c10-15-6-1-2-7-16-17-9-8(12(13)14)4-3-5-11-9;/h3-5H,1-2,6-7,10H2;1H. The molecule has 0 aliphatic heterocycles. The number of hydrogen-bond acceptors (Lipinski definition) is 7. The summed E-state index contributed by atoms with van der Waals surface area (Å²) in [7, 11) is 2.87. The highest BCUT2D eigenvalue weighted by atomic mass is 35.5. The molecule has 0 radical (unpaired) electrons. The van der Waals surface area contributed by atoms with Gasteiger partial charge in [0, 0.05) is 18.0 Å². The molecular formula is C9H14ClN3O3S2. The zero-order chi connectivity index (χ0) is 12.5. The Balaban J connectivity index is 0.00000289. The molecule has 0 fully saturated rings. The molecule has 0 aliphatic carbocycles. The summed E-state index contributed by atoms with van der Waals surface area (Å²) in [5.41, 5.74) is 0.0512. The van der Waals surface area contributed by atoms with Gasteiger partial charge in [0.1, 0.15) is 0 Å². The molecule has 1 aromatic heterocycles. The summed E-state index contributed by atoms with van der Waals surface area (Å²) in [6.45, 7) is 0.537.